The highest BCUT2D eigenvalue weighted by atomic mass is 16.5. The lowest BCUT2D eigenvalue weighted by Gasteiger charge is -2.31. The van der Waals surface area contributed by atoms with E-state index in [0.717, 1.165) is 11.3 Å². The third-order valence-electron chi connectivity index (χ3n) is 4.13. The molecule has 24 heavy (non-hydrogen) atoms. The number of nitrogens with one attached hydrogen (secondary N) is 2. The van der Waals surface area contributed by atoms with Gasteiger partial charge in [-0.05, 0) is 37.1 Å². The number of carbonyl (C=O) groups is 1. The molecule has 0 spiro atoms. The summed E-state index contributed by atoms with van der Waals surface area (Å²) in [6, 6.07) is 7.44. The topological polar surface area (TPSA) is 115 Å². The number of nitrogens with two attached hydrogens (primary N) is 1. The van der Waals surface area contributed by atoms with Gasteiger partial charge in [-0.3, -0.25) is 9.89 Å². The van der Waals surface area contributed by atoms with E-state index in [0.29, 0.717) is 37.7 Å². The van der Waals surface area contributed by atoms with Crippen LogP contribution in [0.2, 0.25) is 0 Å². The van der Waals surface area contributed by atoms with E-state index in [9.17, 15) is 4.79 Å². The number of hydrogen-bond acceptors (Lipinski definition) is 6. The first-order valence-corrected chi connectivity index (χ1v) is 7.81. The molecular weight excluding hydrogens is 310 g/mol. The number of carbonyl (C=O) groups excluding carboxylic acids is 1. The summed E-state index contributed by atoms with van der Waals surface area (Å²) in [6.45, 7) is 1.27. The number of aromatic nitrogens is 3. The first-order chi connectivity index (χ1) is 11.6. The Bertz CT molecular complexity index is 692. The fourth-order valence-electron chi connectivity index (χ4n) is 2.55. The van der Waals surface area contributed by atoms with Crippen molar-refractivity contribution in [2.24, 2.45) is 5.73 Å². The first kappa shape index (κ1) is 16.4. The summed E-state index contributed by atoms with van der Waals surface area (Å²) in [5.74, 6) is 1.72. The number of ether oxygens (including phenoxy) is 2. The van der Waals surface area contributed by atoms with Gasteiger partial charge in [-0.2, -0.15) is 5.10 Å². The van der Waals surface area contributed by atoms with E-state index >= 15 is 0 Å². The van der Waals surface area contributed by atoms with Crippen LogP contribution in [0.3, 0.4) is 0 Å². The van der Waals surface area contributed by atoms with Gasteiger partial charge in [0.25, 0.3) is 0 Å². The summed E-state index contributed by atoms with van der Waals surface area (Å²) >= 11 is 0. The van der Waals surface area contributed by atoms with Crippen LogP contribution in [0.15, 0.2) is 24.3 Å². The number of methoxy groups -OCH3 is 1. The minimum absolute atomic E-state index is 0.187. The minimum atomic E-state index is -0.864. The summed E-state index contributed by atoms with van der Waals surface area (Å²) in [5, 5.41) is 9.82. The smallest absolute Gasteiger partial charge is 0.240 e. The van der Waals surface area contributed by atoms with Crippen molar-refractivity contribution in [3.05, 3.63) is 30.1 Å². The number of amides is 1. The molecular formula is C16H21N5O3. The number of rotatable bonds is 5. The molecule has 4 N–H and O–H groups in total. The second-order valence-electron chi connectivity index (χ2n) is 5.79. The summed E-state index contributed by atoms with van der Waals surface area (Å²) in [4.78, 5) is 16.7. The average Bonchev–Trinajstić information content (AvgIpc) is 3.09. The maximum absolute atomic E-state index is 12.3. The van der Waals surface area contributed by atoms with Crippen molar-refractivity contribution in [1.82, 2.24) is 20.5 Å². The fraction of sp³-hybridized carbons (Fsp3) is 0.438. The predicted octanol–water partition coefficient (Wildman–Crippen LogP) is 0.604. The van der Waals surface area contributed by atoms with Gasteiger partial charge in [0, 0.05) is 18.8 Å². The number of benzene rings is 1. The van der Waals surface area contributed by atoms with Crippen LogP contribution in [0.5, 0.6) is 5.75 Å². The number of nitrogens with zero attached hydrogens (tertiary/aromatic N) is 2. The monoisotopic (exact) mass is 331 g/mol. The van der Waals surface area contributed by atoms with Crippen molar-refractivity contribution in [2.45, 2.75) is 24.9 Å². The number of aromatic amines is 1. The molecule has 1 aromatic carbocycles. The minimum Gasteiger partial charge on any atom is -0.497 e. The summed E-state index contributed by atoms with van der Waals surface area (Å²) in [7, 11) is 1.62. The standard InChI is InChI=1S/C16H21N5O3/c1-23-12-4-2-11(3-5-12)14-19-13(20-21-14)10-18-15(22)16(17)6-8-24-9-7-16/h2-5H,6-10,17H2,1H3,(H,18,22)(H,19,20,21). The normalized spacial score (nSPS) is 16.6. The third-order valence-corrected chi connectivity index (χ3v) is 4.13. The largest absolute Gasteiger partial charge is 0.497 e. The van der Waals surface area contributed by atoms with E-state index < -0.39 is 5.54 Å². The van der Waals surface area contributed by atoms with Crippen molar-refractivity contribution >= 4 is 5.91 Å². The molecule has 2 aromatic rings. The molecule has 0 bridgehead atoms. The van der Waals surface area contributed by atoms with Crippen molar-refractivity contribution in [2.75, 3.05) is 20.3 Å². The van der Waals surface area contributed by atoms with Crippen molar-refractivity contribution in [3.63, 3.8) is 0 Å². The van der Waals surface area contributed by atoms with Gasteiger partial charge in [-0.25, -0.2) is 4.98 Å². The van der Waals surface area contributed by atoms with Gasteiger partial charge in [0.2, 0.25) is 5.91 Å². The van der Waals surface area contributed by atoms with Gasteiger partial charge in [0.1, 0.15) is 11.6 Å². The molecule has 0 aliphatic carbocycles. The molecule has 8 nitrogen and oxygen atoms in total. The van der Waals surface area contributed by atoms with Gasteiger partial charge in [-0.1, -0.05) is 0 Å². The van der Waals surface area contributed by atoms with E-state index in [4.69, 9.17) is 15.2 Å². The molecule has 0 unspecified atom stereocenters. The van der Waals surface area contributed by atoms with Crippen molar-refractivity contribution < 1.29 is 14.3 Å². The molecule has 128 valence electrons. The van der Waals surface area contributed by atoms with Crippen LogP contribution in [0, 0.1) is 0 Å². The predicted molar refractivity (Wildman–Crippen MR) is 87.2 cm³/mol. The van der Waals surface area contributed by atoms with Crippen LogP contribution >= 0.6 is 0 Å². The Balaban J connectivity index is 1.60. The van der Waals surface area contributed by atoms with E-state index in [-0.39, 0.29) is 12.5 Å². The van der Waals surface area contributed by atoms with Gasteiger partial charge in [0.05, 0.1) is 19.2 Å². The van der Waals surface area contributed by atoms with Gasteiger partial charge < -0.3 is 20.5 Å². The van der Waals surface area contributed by atoms with Crippen LogP contribution in [-0.2, 0) is 16.1 Å². The SMILES string of the molecule is COc1ccc(-c2n[nH]c(CNC(=O)C3(N)CCOCC3)n2)cc1. The van der Waals surface area contributed by atoms with E-state index in [1.165, 1.54) is 0 Å². The fourth-order valence-corrected chi connectivity index (χ4v) is 2.55. The van der Waals surface area contributed by atoms with E-state index in [1.54, 1.807) is 7.11 Å². The molecule has 1 fully saturated rings. The summed E-state index contributed by atoms with van der Waals surface area (Å²) in [6.07, 6.45) is 1.04. The summed E-state index contributed by atoms with van der Waals surface area (Å²) < 4.78 is 10.4. The Morgan fingerprint density at radius 1 is 1.38 bits per heavy atom. The molecule has 8 heteroatoms. The zero-order valence-corrected chi connectivity index (χ0v) is 13.5. The van der Waals surface area contributed by atoms with Crippen LogP contribution in [-0.4, -0.2) is 47.0 Å². The summed E-state index contributed by atoms with van der Waals surface area (Å²) in [5.41, 5.74) is 6.14. The Labute approximate surface area is 139 Å². The Morgan fingerprint density at radius 2 is 2.08 bits per heavy atom. The van der Waals surface area contributed by atoms with E-state index in [2.05, 4.69) is 20.5 Å². The van der Waals surface area contributed by atoms with Gasteiger partial charge >= 0.3 is 0 Å². The van der Waals surface area contributed by atoms with Gasteiger partial charge in [-0.15, -0.1) is 0 Å². The molecule has 3 rings (SSSR count). The molecule has 1 aliphatic heterocycles. The quantitative estimate of drug-likeness (QED) is 0.739. The second-order valence-corrected chi connectivity index (χ2v) is 5.79. The van der Waals surface area contributed by atoms with Crippen LogP contribution in [0.25, 0.3) is 11.4 Å². The van der Waals surface area contributed by atoms with Crippen LogP contribution in [0.1, 0.15) is 18.7 Å². The van der Waals surface area contributed by atoms with E-state index in [1.807, 2.05) is 24.3 Å². The molecule has 0 atom stereocenters. The lowest BCUT2D eigenvalue weighted by atomic mass is 9.90. The highest BCUT2D eigenvalue weighted by Gasteiger charge is 2.35. The lowest BCUT2D eigenvalue weighted by Crippen LogP contribution is -2.56. The first-order valence-electron chi connectivity index (χ1n) is 7.81. The van der Waals surface area contributed by atoms with Crippen LogP contribution < -0.4 is 15.8 Å². The molecule has 1 aliphatic rings. The second kappa shape index (κ2) is 6.98. The zero-order chi connectivity index (χ0) is 17.0. The number of hydrogen-bond donors (Lipinski definition) is 3. The Kier molecular flexibility index (Phi) is 4.77. The van der Waals surface area contributed by atoms with Crippen molar-refractivity contribution in [3.8, 4) is 17.1 Å². The van der Waals surface area contributed by atoms with Crippen molar-refractivity contribution in [1.29, 1.82) is 0 Å². The molecule has 1 amide bonds. The average molecular weight is 331 g/mol. The molecule has 0 saturated carbocycles. The molecule has 1 saturated heterocycles. The highest BCUT2D eigenvalue weighted by molar-refractivity contribution is 5.86. The molecule has 0 radical (unpaired) electrons. The maximum atomic E-state index is 12.3. The van der Waals surface area contributed by atoms with Gasteiger partial charge in [0.15, 0.2) is 5.82 Å². The zero-order valence-electron chi connectivity index (χ0n) is 13.5. The van der Waals surface area contributed by atoms with Crippen LogP contribution in [0.4, 0.5) is 0 Å². The number of H-pyrrole nitrogens is 1. The third kappa shape index (κ3) is 3.55. The molecule has 2 heterocycles. The Hall–Kier alpha value is -2.45. The Morgan fingerprint density at radius 3 is 2.75 bits per heavy atom. The molecule has 1 aromatic heterocycles. The highest BCUT2D eigenvalue weighted by Crippen LogP contribution is 2.20. The lowest BCUT2D eigenvalue weighted by molar-refractivity contribution is -0.129. The maximum Gasteiger partial charge on any atom is 0.240 e.